The summed E-state index contributed by atoms with van der Waals surface area (Å²) in [6.07, 6.45) is 1.79. The molecule has 0 spiro atoms. The number of carboxylic acids is 1. The summed E-state index contributed by atoms with van der Waals surface area (Å²) in [4.78, 5) is 10.9. The Morgan fingerprint density at radius 2 is 2.10 bits per heavy atom. The first-order valence-corrected chi connectivity index (χ1v) is 7.40. The van der Waals surface area contributed by atoms with E-state index >= 15 is 0 Å². The molecular formula is C17H24O3. The van der Waals surface area contributed by atoms with Gasteiger partial charge in [-0.2, -0.15) is 0 Å². The molecule has 3 heteroatoms. The molecule has 110 valence electrons. The summed E-state index contributed by atoms with van der Waals surface area (Å²) in [5, 5.41) is 9.02. The van der Waals surface area contributed by atoms with Crippen LogP contribution in [0.5, 0.6) is 5.75 Å². The highest BCUT2D eigenvalue weighted by Crippen LogP contribution is 2.45. The molecule has 0 bridgehead atoms. The largest absolute Gasteiger partial charge is 0.494 e. The van der Waals surface area contributed by atoms with Gasteiger partial charge < -0.3 is 9.84 Å². The molecule has 0 amide bonds. The average Bonchev–Trinajstić information content (AvgIpc) is 3.19. The van der Waals surface area contributed by atoms with Crippen molar-refractivity contribution in [3.05, 3.63) is 28.8 Å². The molecule has 0 heterocycles. The van der Waals surface area contributed by atoms with Gasteiger partial charge in [0.1, 0.15) is 5.75 Å². The van der Waals surface area contributed by atoms with E-state index in [9.17, 15) is 4.79 Å². The monoisotopic (exact) mass is 276 g/mol. The molecule has 3 atom stereocenters. The molecule has 1 aliphatic carbocycles. The molecule has 1 saturated carbocycles. The van der Waals surface area contributed by atoms with Gasteiger partial charge in [0.2, 0.25) is 0 Å². The second-order valence-corrected chi connectivity index (χ2v) is 5.93. The van der Waals surface area contributed by atoms with Gasteiger partial charge in [0.15, 0.2) is 0 Å². The Labute approximate surface area is 121 Å². The molecule has 0 saturated heterocycles. The first-order valence-electron chi connectivity index (χ1n) is 7.40. The maximum atomic E-state index is 10.9. The highest BCUT2D eigenvalue weighted by atomic mass is 16.5. The third kappa shape index (κ3) is 2.97. The topological polar surface area (TPSA) is 46.5 Å². The van der Waals surface area contributed by atoms with Crippen molar-refractivity contribution in [1.29, 1.82) is 0 Å². The molecule has 20 heavy (non-hydrogen) atoms. The molecule has 3 nitrogen and oxygen atoms in total. The molecule has 0 aliphatic heterocycles. The summed E-state index contributed by atoms with van der Waals surface area (Å²) in [5.74, 6) is 0.970. The lowest BCUT2D eigenvalue weighted by atomic mass is 9.91. The standard InChI is InChI=1S/C17H24O3/c1-5-20-16-7-6-13(11(3)12(16)4)8-10(2)14-9-15(14)17(18)19/h6-7,10,14-15H,5,8-9H2,1-4H3,(H,18,19). The maximum absolute atomic E-state index is 10.9. The molecule has 3 unspecified atom stereocenters. The second kappa shape index (κ2) is 5.86. The third-order valence-electron chi connectivity index (χ3n) is 4.58. The number of benzene rings is 1. The minimum Gasteiger partial charge on any atom is -0.494 e. The summed E-state index contributed by atoms with van der Waals surface area (Å²) in [7, 11) is 0. The molecule has 1 aliphatic rings. The number of rotatable bonds is 6. The van der Waals surface area contributed by atoms with Crippen LogP contribution in [0.3, 0.4) is 0 Å². The van der Waals surface area contributed by atoms with E-state index in [1.165, 1.54) is 16.7 Å². The third-order valence-corrected chi connectivity index (χ3v) is 4.58. The minimum atomic E-state index is -0.638. The van der Waals surface area contributed by atoms with Crippen molar-refractivity contribution in [2.24, 2.45) is 17.8 Å². The van der Waals surface area contributed by atoms with Gasteiger partial charge in [-0.3, -0.25) is 4.79 Å². The smallest absolute Gasteiger partial charge is 0.306 e. The van der Waals surface area contributed by atoms with Crippen LogP contribution in [0.4, 0.5) is 0 Å². The van der Waals surface area contributed by atoms with Gasteiger partial charge in [0.25, 0.3) is 0 Å². The number of ether oxygens (including phenoxy) is 1. The van der Waals surface area contributed by atoms with Crippen molar-refractivity contribution < 1.29 is 14.6 Å². The van der Waals surface area contributed by atoms with Crippen LogP contribution in [0.25, 0.3) is 0 Å². The summed E-state index contributed by atoms with van der Waals surface area (Å²) in [5.41, 5.74) is 3.78. The van der Waals surface area contributed by atoms with E-state index in [2.05, 4.69) is 26.8 Å². The second-order valence-electron chi connectivity index (χ2n) is 5.93. The average molecular weight is 276 g/mol. The Bertz CT molecular complexity index is 507. The molecule has 1 aromatic carbocycles. The van der Waals surface area contributed by atoms with Gasteiger partial charge in [0, 0.05) is 0 Å². The molecule has 2 rings (SSSR count). The van der Waals surface area contributed by atoms with Crippen LogP contribution >= 0.6 is 0 Å². The van der Waals surface area contributed by atoms with Crippen LogP contribution in [-0.4, -0.2) is 17.7 Å². The van der Waals surface area contributed by atoms with Crippen LogP contribution in [0.2, 0.25) is 0 Å². The molecule has 1 fully saturated rings. The van der Waals surface area contributed by atoms with Crippen molar-refractivity contribution in [3.8, 4) is 5.75 Å². The fourth-order valence-electron chi connectivity index (χ4n) is 3.01. The maximum Gasteiger partial charge on any atom is 0.306 e. The highest BCUT2D eigenvalue weighted by Gasteiger charge is 2.46. The predicted octanol–water partition coefficient (Wildman–Crippen LogP) is 3.60. The van der Waals surface area contributed by atoms with Gasteiger partial charge in [-0.15, -0.1) is 0 Å². The van der Waals surface area contributed by atoms with Crippen LogP contribution in [0.1, 0.15) is 37.0 Å². The van der Waals surface area contributed by atoms with Crippen LogP contribution < -0.4 is 4.74 Å². The van der Waals surface area contributed by atoms with Crippen LogP contribution in [0, 0.1) is 31.6 Å². The van der Waals surface area contributed by atoms with E-state index in [-0.39, 0.29) is 5.92 Å². The van der Waals surface area contributed by atoms with E-state index in [0.717, 1.165) is 18.6 Å². The normalized spacial score (nSPS) is 22.4. The molecule has 0 aromatic heterocycles. The Morgan fingerprint density at radius 3 is 2.65 bits per heavy atom. The summed E-state index contributed by atoms with van der Waals surface area (Å²) < 4.78 is 5.61. The van der Waals surface area contributed by atoms with Gasteiger partial charge >= 0.3 is 5.97 Å². The van der Waals surface area contributed by atoms with Crippen LogP contribution in [0.15, 0.2) is 12.1 Å². The van der Waals surface area contributed by atoms with Crippen molar-refractivity contribution in [2.45, 2.75) is 40.5 Å². The van der Waals surface area contributed by atoms with Crippen molar-refractivity contribution in [3.63, 3.8) is 0 Å². The fourth-order valence-corrected chi connectivity index (χ4v) is 3.01. The number of hydrogen-bond acceptors (Lipinski definition) is 2. The number of carboxylic acid groups (broad SMARTS) is 1. The molecule has 1 N–H and O–H groups in total. The minimum absolute atomic E-state index is 0.117. The Kier molecular flexibility index (Phi) is 4.36. The number of hydrogen-bond donors (Lipinski definition) is 1. The number of aliphatic carboxylic acids is 1. The lowest BCUT2D eigenvalue weighted by Gasteiger charge is -2.17. The fraction of sp³-hybridized carbons (Fsp3) is 0.588. The van der Waals surface area contributed by atoms with E-state index in [1.807, 2.05) is 13.0 Å². The van der Waals surface area contributed by atoms with Gasteiger partial charge in [-0.25, -0.2) is 0 Å². The first kappa shape index (κ1) is 14.9. The van der Waals surface area contributed by atoms with E-state index in [0.29, 0.717) is 18.4 Å². The van der Waals surface area contributed by atoms with Gasteiger partial charge in [-0.1, -0.05) is 13.0 Å². The Balaban J connectivity index is 2.07. The predicted molar refractivity (Wildman–Crippen MR) is 79.2 cm³/mol. The molecule has 1 aromatic rings. The van der Waals surface area contributed by atoms with Crippen molar-refractivity contribution in [1.82, 2.24) is 0 Å². The summed E-state index contributed by atoms with van der Waals surface area (Å²) in [6, 6.07) is 4.16. The number of carbonyl (C=O) groups is 1. The SMILES string of the molecule is CCOc1ccc(CC(C)C2CC2C(=O)O)c(C)c1C. The zero-order valence-corrected chi connectivity index (χ0v) is 12.8. The molecule has 0 radical (unpaired) electrons. The van der Waals surface area contributed by atoms with E-state index in [4.69, 9.17) is 9.84 Å². The van der Waals surface area contributed by atoms with Gasteiger partial charge in [0.05, 0.1) is 12.5 Å². The molecular weight excluding hydrogens is 252 g/mol. The van der Waals surface area contributed by atoms with Crippen molar-refractivity contribution >= 4 is 5.97 Å². The highest BCUT2D eigenvalue weighted by molar-refractivity contribution is 5.73. The van der Waals surface area contributed by atoms with Crippen molar-refractivity contribution in [2.75, 3.05) is 6.61 Å². The summed E-state index contributed by atoms with van der Waals surface area (Å²) >= 11 is 0. The van der Waals surface area contributed by atoms with Crippen LogP contribution in [-0.2, 0) is 11.2 Å². The Morgan fingerprint density at radius 1 is 1.40 bits per heavy atom. The lowest BCUT2D eigenvalue weighted by molar-refractivity contribution is -0.139. The zero-order chi connectivity index (χ0) is 14.9. The quantitative estimate of drug-likeness (QED) is 0.863. The van der Waals surface area contributed by atoms with Gasteiger partial charge in [-0.05, 0) is 68.2 Å². The zero-order valence-electron chi connectivity index (χ0n) is 12.8. The van der Waals surface area contributed by atoms with E-state index in [1.54, 1.807) is 0 Å². The summed E-state index contributed by atoms with van der Waals surface area (Å²) in [6.45, 7) is 9.05. The lowest BCUT2D eigenvalue weighted by Crippen LogP contribution is -2.09. The van der Waals surface area contributed by atoms with E-state index < -0.39 is 5.97 Å². The Hall–Kier alpha value is -1.51. The first-order chi connectivity index (χ1) is 9.45.